The van der Waals surface area contributed by atoms with Gasteiger partial charge in [-0.25, -0.2) is 4.79 Å². The molecule has 1 atom stereocenters. The number of amides is 2. The Morgan fingerprint density at radius 1 is 1.20 bits per heavy atom. The molecule has 184 valence electrons. The third-order valence-corrected chi connectivity index (χ3v) is 6.74. The number of rotatable bonds is 7. The van der Waals surface area contributed by atoms with Crippen LogP contribution in [0.2, 0.25) is 0 Å². The van der Waals surface area contributed by atoms with Crippen LogP contribution in [-0.4, -0.2) is 60.4 Å². The van der Waals surface area contributed by atoms with Crippen LogP contribution in [0, 0.1) is 0 Å². The number of aromatic amines is 1. The summed E-state index contributed by atoms with van der Waals surface area (Å²) in [6, 6.07) is 12.7. The Balaban J connectivity index is 1.42. The van der Waals surface area contributed by atoms with Gasteiger partial charge in [0.15, 0.2) is 11.5 Å². The third kappa shape index (κ3) is 4.90. The number of pyridine rings is 1. The molecule has 5 rings (SSSR count). The van der Waals surface area contributed by atoms with E-state index >= 15 is 0 Å². The second kappa shape index (κ2) is 9.87. The SMILES string of the molecule is CCN1CCCC1CN(Cc1cc2cc3c(cc2[nH]c1=O)OCO3)C(=O)Nc1ccc(OC)cc1. The minimum absolute atomic E-state index is 0.164. The number of methoxy groups -OCH3 is 1. The molecule has 2 aliphatic heterocycles. The number of ether oxygens (including phenoxy) is 3. The minimum atomic E-state index is -0.247. The molecular weight excluding hydrogens is 448 g/mol. The number of likely N-dealkylation sites (tertiary alicyclic amines) is 1. The van der Waals surface area contributed by atoms with Crippen molar-refractivity contribution >= 4 is 22.6 Å². The molecule has 35 heavy (non-hydrogen) atoms. The van der Waals surface area contributed by atoms with Crippen LogP contribution in [0.5, 0.6) is 17.2 Å². The largest absolute Gasteiger partial charge is 0.497 e. The number of fused-ring (bicyclic) bond motifs is 2. The first kappa shape index (κ1) is 23.0. The van der Waals surface area contributed by atoms with Crippen molar-refractivity contribution in [3.63, 3.8) is 0 Å². The summed E-state index contributed by atoms with van der Waals surface area (Å²) >= 11 is 0. The van der Waals surface area contributed by atoms with E-state index in [1.807, 2.05) is 12.1 Å². The van der Waals surface area contributed by atoms with Crippen LogP contribution in [0.4, 0.5) is 10.5 Å². The number of urea groups is 1. The molecule has 0 bridgehead atoms. The molecule has 2 aliphatic rings. The maximum Gasteiger partial charge on any atom is 0.322 e. The highest BCUT2D eigenvalue weighted by Crippen LogP contribution is 2.35. The molecule has 2 amide bonds. The number of H-pyrrole nitrogens is 1. The summed E-state index contributed by atoms with van der Waals surface area (Å²) in [5.41, 5.74) is 1.63. The molecule has 0 saturated carbocycles. The van der Waals surface area contributed by atoms with Crippen LogP contribution in [0.25, 0.3) is 10.9 Å². The first-order chi connectivity index (χ1) is 17.0. The van der Waals surface area contributed by atoms with Crippen LogP contribution < -0.4 is 25.1 Å². The lowest BCUT2D eigenvalue weighted by Gasteiger charge is -2.30. The standard InChI is InChI=1S/C26H30N4O5/c1-3-29-10-4-5-20(29)15-30(26(32)27-19-6-8-21(33-2)9-7-19)14-18-11-17-12-23-24(35-16-34-23)13-22(17)28-25(18)31/h6-9,11-13,20H,3-5,10,14-16H2,1-2H3,(H,27,32)(H,28,31). The van der Waals surface area contributed by atoms with Crippen LogP contribution in [0.3, 0.4) is 0 Å². The van der Waals surface area contributed by atoms with Gasteiger partial charge in [0.1, 0.15) is 5.75 Å². The second-order valence-electron chi connectivity index (χ2n) is 8.88. The van der Waals surface area contributed by atoms with Gasteiger partial charge in [0.2, 0.25) is 6.79 Å². The van der Waals surface area contributed by atoms with Crippen molar-refractivity contribution in [3.8, 4) is 17.2 Å². The number of hydrogen-bond donors (Lipinski definition) is 2. The van der Waals surface area contributed by atoms with E-state index in [1.54, 1.807) is 42.3 Å². The van der Waals surface area contributed by atoms with E-state index in [1.165, 1.54) is 0 Å². The van der Waals surface area contributed by atoms with Gasteiger partial charge in [0.05, 0.1) is 19.2 Å². The molecule has 9 nitrogen and oxygen atoms in total. The van der Waals surface area contributed by atoms with Crippen molar-refractivity contribution in [2.24, 2.45) is 0 Å². The Morgan fingerprint density at radius 3 is 2.71 bits per heavy atom. The fraction of sp³-hybridized carbons (Fsp3) is 0.385. The number of carbonyl (C=O) groups is 1. The molecule has 1 fully saturated rings. The van der Waals surface area contributed by atoms with Gasteiger partial charge >= 0.3 is 6.03 Å². The number of nitrogens with one attached hydrogen (secondary N) is 2. The van der Waals surface area contributed by atoms with Gasteiger partial charge in [0.25, 0.3) is 5.56 Å². The van der Waals surface area contributed by atoms with Crippen molar-refractivity contribution in [1.82, 2.24) is 14.8 Å². The number of hydrogen-bond acceptors (Lipinski definition) is 6. The summed E-state index contributed by atoms with van der Waals surface area (Å²) < 4.78 is 16.1. The molecule has 3 aromatic rings. The molecule has 2 N–H and O–H groups in total. The van der Waals surface area contributed by atoms with Crippen molar-refractivity contribution in [2.45, 2.75) is 32.4 Å². The number of anilines is 1. The fourth-order valence-corrected chi connectivity index (χ4v) is 4.83. The van der Waals surface area contributed by atoms with Crippen molar-refractivity contribution < 1.29 is 19.0 Å². The third-order valence-electron chi connectivity index (χ3n) is 6.74. The molecule has 0 spiro atoms. The zero-order chi connectivity index (χ0) is 24.4. The van der Waals surface area contributed by atoms with E-state index < -0.39 is 0 Å². The molecule has 9 heteroatoms. The number of carbonyl (C=O) groups excluding carboxylic acids is 1. The lowest BCUT2D eigenvalue weighted by molar-refractivity contribution is 0.174. The normalized spacial score (nSPS) is 17.0. The minimum Gasteiger partial charge on any atom is -0.497 e. The molecular formula is C26H30N4O5. The average molecular weight is 479 g/mol. The Labute approximate surface area is 203 Å². The Kier molecular flexibility index (Phi) is 6.50. The quantitative estimate of drug-likeness (QED) is 0.537. The summed E-state index contributed by atoms with van der Waals surface area (Å²) in [4.78, 5) is 33.4. The van der Waals surface area contributed by atoms with Crippen LogP contribution in [0.1, 0.15) is 25.3 Å². The van der Waals surface area contributed by atoms with E-state index in [2.05, 4.69) is 22.1 Å². The van der Waals surface area contributed by atoms with Crippen LogP contribution >= 0.6 is 0 Å². The van der Waals surface area contributed by atoms with Gasteiger partial charge in [-0.1, -0.05) is 6.92 Å². The van der Waals surface area contributed by atoms with Gasteiger partial charge in [-0.05, 0) is 62.3 Å². The van der Waals surface area contributed by atoms with Crippen LogP contribution in [0.15, 0.2) is 47.3 Å². The van der Waals surface area contributed by atoms with Gasteiger partial charge < -0.3 is 29.4 Å². The zero-order valence-corrected chi connectivity index (χ0v) is 20.0. The number of nitrogens with zero attached hydrogens (tertiary/aromatic N) is 2. The van der Waals surface area contributed by atoms with Gasteiger partial charge in [0, 0.05) is 35.3 Å². The van der Waals surface area contributed by atoms with Gasteiger partial charge in [-0.3, -0.25) is 9.69 Å². The first-order valence-electron chi connectivity index (χ1n) is 11.9. The molecule has 0 radical (unpaired) electrons. The highest BCUT2D eigenvalue weighted by atomic mass is 16.7. The molecule has 1 unspecified atom stereocenters. The Morgan fingerprint density at radius 2 is 1.97 bits per heavy atom. The lowest BCUT2D eigenvalue weighted by Crippen LogP contribution is -2.45. The van der Waals surface area contributed by atoms with Crippen LogP contribution in [-0.2, 0) is 6.54 Å². The Hall–Kier alpha value is -3.72. The summed E-state index contributed by atoms with van der Waals surface area (Å²) in [5.74, 6) is 1.98. The number of aromatic nitrogens is 1. The van der Waals surface area contributed by atoms with Crippen molar-refractivity contribution in [2.75, 3.05) is 38.9 Å². The van der Waals surface area contributed by atoms with Gasteiger partial charge in [-0.2, -0.15) is 0 Å². The predicted octanol–water partition coefficient (Wildman–Crippen LogP) is 3.78. The highest BCUT2D eigenvalue weighted by molar-refractivity contribution is 5.89. The maximum atomic E-state index is 13.4. The fourth-order valence-electron chi connectivity index (χ4n) is 4.83. The van der Waals surface area contributed by atoms with E-state index in [0.717, 1.165) is 31.3 Å². The second-order valence-corrected chi connectivity index (χ2v) is 8.88. The Bertz CT molecular complexity index is 1270. The van der Waals surface area contributed by atoms with Gasteiger partial charge in [-0.15, -0.1) is 0 Å². The molecule has 1 saturated heterocycles. The monoisotopic (exact) mass is 478 g/mol. The maximum absolute atomic E-state index is 13.4. The summed E-state index contributed by atoms with van der Waals surface area (Å²) in [7, 11) is 1.60. The summed E-state index contributed by atoms with van der Waals surface area (Å²) in [6.45, 7) is 4.99. The molecule has 0 aliphatic carbocycles. The molecule has 2 aromatic carbocycles. The summed E-state index contributed by atoms with van der Waals surface area (Å²) in [6.07, 6.45) is 2.13. The molecule has 1 aromatic heterocycles. The van der Waals surface area contributed by atoms with E-state index in [-0.39, 0.29) is 31.0 Å². The topological polar surface area (TPSA) is 96.1 Å². The van der Waals surface area contributed by atoms with Crippen molar-refractivity contribution in [1.29, 1.82) is 0 Å². The first-order valence-corrected chi connectivity index (χ1v) is 11.9. The van der Waals surface area contributed by atoms with E-state index in [0.29, 0.717) is 40.6 Å². The highest BCUT2D eigenvalue weighted by Gasteiger charge is 2.28. The summed E-state index contributed by atoms with van der Waals surface area (Å²) in [5, 5.41) is 3.80. The molecule has 3 heterocycles. The number of likely N-dealkylation sites (N-methyl/N-ethyl adjacent to an activating group) is 1. The predicted molar refractivity (Wildman–Crippen MR) is 133 cm³/mol. The van der Waals surface area contributed by atoms with E-state index in [4.69, 9.17) is 14.2 Å². The average Bonchev–Trinajstić information content (AvgIpc) is 3.51. The lowest BCUT2D eigenvalue weighted by atomic mass is 10.1. The van der Waals surface area contributed by atoms with Crippen molar-refractivity contribution in [3.05, 3.63) is 58.4 Å². The van der Waals surface area contributed by atoms with E-state index in [9.17, 15) is 9.59 Å². The zero-order valence-electron chi connectivity index (χ0n) is 20.0. The smallest absolute Gasteiger partial charge is 0.322 e. The number of benzene rings is 2.